The minimum absolute atomic E-state index is 0.0317. The number of methoxy groups -OCH3 is 2. The van der Waals surface area contributed by atoms with Gasteiger partial charge in [0.25, 0.3) is 11.8 Å². The number of amides is 2. The molecule has 1 aliphatic carbocycles. The van der Waals surface area contributed by atoms with E-state index < -0.39 is 0 Å². The Bertz CT molecular complexity index is 2670. The Hall–Kier alpha value is -6.84. The lowest BCUT2D eigenvalue weighted by molar-refractivity contribution is 0.0930. The van der Waals surface area contributed by atoms with Crippen LogP contribution in [0.15, 0.2) is 90.3 Å². The van der Waals surface area contributed by atoms with E-state index in [9.17, 15) is 9.59 Å². The molecular weight excluding hydrogens is 917 g/mol. The number of aliphatic imine (C=N–C) groups is 1. The summed E-state index contributed by atoms with van der Waals surface area (Å²) >= 11 is 0. The fraction of sp³-hybridized carbons (Fsp3) is 0.448. The molecule has 2 atom stereocenters. The Balaban J connectivity index is 0.000000263. The van der Waals surface area contributed by atoms with Crippen LogP contribution in [0.4, 0.5) is 11.4 Å². The Morgan fingerprint density at radius 1 is 0.822 bits per heavy atom. The Labute approximate surface area is 435 Å². The number of aryl methyl sites for hydroxylation is 3. The second-order valence-corrected chi connectivity index (χ2v) is 19.0. The lowest BCUT2D eigenvalue weighted by Gasteiger charge is -2.34. The van der Waals surface area contributed by atoms with Crippen LogP contribution in [-0.2, 0) is 7.05 Å². The van der Waals surface area contributed by atoms with Crippen molar-refractivity contribution in [3.05, 3.63) is 124 Å². The molecule has 5 N–H and O–H groups in total. The van der Waals surface area contributed by atoms with Crippen LogP contribution in [0.25, 0.3) is 16.7 Å². The molecule has 1 saturated carbocycles. The second kappa shape index (κ2) is 27.3. The molecule has 2 amide bonds. The molecule has 15 nitrogen and oxygen atoms in total. The first-order valence-corrected chi connectivity index (χ1v) is 25.6. The number of allylic oxidation sites excluding steroid dienone is 1. The van der Waals surface area contributed by atoms with Gasteiger partial charge in [-0.05, 0) is 133 Å². The average molecular weight is 999 g/mol. The summed E-state index contributed by atoms with van der Waals surface area (Å²) in [5.41, 5.74) is 16.3. The zero-order chi connectivity index (χ0) is 53.4. The lowest BCUT2D eigenvalue weighted by Crippen LogP contribution is -2.44. The summed E-state index contributed by atoms with van der Waals surface area (Å²) < 4.78 is 19.2. The van der Waals surface area contributed by atoms with Gasteiger partial charge in [0.1, 0.15) is 5.75 Å². The van der Waals surface area contributed by atoms with Gasteiger partial charge in [-0.1, -0.05) is 38.1 Å². The first-order valence-electron chi connectivity index (χ1n) is 25.6. The first-order chi connectivity index (χ1) is 35.0. The van der Waals surface area contributed by atoms with Crippen molar-refractivity contribution >= 4 is 35.0 Å². The van der Waals surface area contributed by atoms with Crippen molar-refractivity contribution in [3.8, 4) is 28.4 Å². The van der Waals surface area contributed by atoms with Crippen LogP contribution in [0.5, 0.6) is 17.2 Å². The molecule has 394 valence electrons. The number of nitrogens with two attached hydrogens (primary N) is 1. The highest BCUT2D eigenvalue weighted by Gasteiger charge is 2.26. The topological polar surface area (TPSA) is 164 Å². The van der Waals surface area contributed by atoms with E-state index in [4.69, 9.17) is 19.9 Å². The van der Waals surface area contributed by atoms with Gasteiger partial charge in [-0.2, -0.15) is 5.10 Å². The molecule has 5 aromatic rings. The number of hydrogen-bond acceptors (Lipinski definition) is 12. The highest BCUT2D eigenvalue weighted by molar-refractivity contribution is 6.10. The normalized spacial score (nSPS) is 14.7. The number of piperazine rings is 1. The Morgan fingerprint density at radius 3 is 2.03 bits per heavy atom. The van der Waals surface area contributed by atoms with E-state index in [1.807, 2.05) is 129 Å². The number of anilines is 2. The molecule has 0 radical (unpaired) electrons. The fourth-order valence-corrected chi connectivity index (χ4v) is 8.64. The van der Waals surface area contributed by atoms with Crippen LogP contribution >= 0.6 is 0 Å². The van der Waals surface area contributed by atoms with Crippen LogP contribution in [0.2, 0.25) is 0 Å². The zero-order valence-corrected chi connectivity index (χ0v) is 45.9. The number of rotatable bonds is 19. The predicted molar refractivity (Wildman–Crippen MR) is 300 cm³/mol. The van der Waals surface area contributed by atoms with Gasteiger partial charge in [0.2, 0.25) is 0 Å². The number of carbonyl (C=O) groups is 2. The van der Waals surface area contributed by atoms with E-state index in [1.165, 1.54) is 19.0 Å². The maximum atomic E-state index is 13.5. The third-order valence-corrected chi connectivity index (χ3v) is 13.1. The molecule has 73 heavy (non-hydrogen) atoms. The van der Waals surface area contributed by atoms with E-state index >= 15 is 0 Å². The van der Waals surface area contributed by atoms with Crippen LogP contribution in [0.3, 0.4) is 0 Å². The Morgan fingerprint density at radius 2 is 1.45 bits per heavy atom. The number of ether oxygens (including phenoxy) is 3. The quantitative estimate of drug-likeness (QED) is 0.0583. The van der Waals surface area contributed by atoms with Crippen molar-refractivity contribution in [2.75, 3.05) is 84.8 Å². The van der Waals surface area contributed by atoms with E-state index in [2.05, 4.69) is 60.9 Å². The van der Waals surface area contributed by atoms with E-state index in [-0.39, 0.29) is 30.0 Å². The highest BCUT2D eigenvalue weighted by Crippen LogP contribution is 2.41. The van der Waals surface area contributed by atoms with Crippen molar-refractivity contribution in [2.45, 2.75) is 92.5 Å². The number of hydrogen-bond donors (Lipinski definition) is 4. The van der Waals surface area contributed by atoms with Crippen LogP contribution in [0, 0.1) is 13.8 Å². The molecule has 15 heteroatoms. The van der Waals surface area contributed by atoms with Crippen molar-refractivity contribution < 1.29 is 23.8 Å². The fourth-order valence-electron chi connectivity index (χ4n) is 8.64. The van der Waals surface area contributed by atoms with Gasteiger partial charge in [0.05, 0.1) is 38.6 Å². The number of carbonyl (C=O) groups excluding carboxylic acids is 2. The maximum absolute atomic E-state index is 13.5. The van der Waals surface area contributed by atoms with Crippen LogP contribution in [-0.4, -0.2) is 124 Å². The average Bonchev–Trinajstić information content (AvgIpc) is 4.15. The number of likely N-dealkylation sites (N-methyl/N-ethyl adjacent to an activating group) is 2. The smallest absolute Gasteiger partial charge is 0.252 e. The third-order valence-electron chi connectivity index (χ3n) is 13.1. The number of aromatic nitrogens is 2. The summed E-state index contributed by atoms with van der Waals surface area (Å²) in [5, 5.41) is 14.1. The van der Waals surface area contributed by atoms with Gasteiger partial charge in [-0.3, -0.25) is 19.3 Å². The van der Waals surface area contributed by atoms with Crippen molar-refractivity contribution in [3.63, 3.8) is 0 Å². The molecule has 2 aliphatic rings. The summed E-state index contributed by atoms with van der Waals surface area (Å²) in [5.74, 6) is 1.77. The monoisotopic (exact) mass is 999 g/mol. The molecule has 2 heterocycles. The largest absolute Gasteiger partial charge is 0.496 e. The van der Waals surface area contributed by atoms with Crippen molar-refractivity contribution in [1.29, 1.82) is 0 Å². The van der Waals surface area contributed by atoms with E-state index in [0.29, 0.717) is 28.4 Å². The molecule has 7 rings (SSSR count). The van der Waals surface area contributed by atoms with Crippen molar-refractivity contribution in [1.82, 2.24) is 30.2 Å². The molecule has 1 aromatic heterocycles. The SMILES string of the molecule is CC.CN=C/C(=C\N)c1ccc(C(C)NC(=O)c2cc(NCCN(C)C3CC3)ccc2C)cc1OC.COc1c(OC(C)C)cc(C(C)NC(=O)c2cc(N3CCN(C)CC3)ccc2C)cc1-c1cnn(C)c1. The standard InChI is InChI=1S/C29H39N5O3.C27H37N5O2.C2H6/c1-19(2)37-27-15-22(14-26(28(27)36-7)23-17-30-33(6)18-23)21(4)31-29(35)25-16-24(9-8-20(25)3)34-12-10-32(5)11-13-34;1-18-6-8-22(30-12-13-32(4)23-9-10-23)15-25(18)27(33)31-19(2)20-7-11-24(26(14-20)34-5)21(16-28)17-29-3;1-2/h8-9,14-19,21H,10-13H2,1-7H3,(H,31,35);6-8,11,14-17,19,23,30H,9-10,12-13,28H2,1-5H3,(H,31,33);1-2H3/b;21-16+,29-17?;. The summed E-state index contributed by atoms with van der Waals surface area (Å²) in [6.45, 7) is 21.6. The summed E-state index contributed by atoms with van der Waals surface area (Å²) in [4.78, 5) is 37.7. The third kappa shape index (κ3) is 15.6. The summed E-state index contributed by atoms with van der Waals surface area (Å²) in [6.07, 6.45) is 9.51. The van der Waals surface area contributed by atoms with Crippen molar-refractivity contribution in [2.24, 2.45) is 17.8 Å². The van der Waals surface area contributed by atoms with E-state index in [1.54, 1.807) is 38.4 Å². The molecule has 2 fully saturated rings. The highest BCUT2D eigenvalue weighted by atomic mass is 16.5. The van der Waals surface area contributed by atoms with Gasteiger partial charge in [-0.25, -0.2) is 0 Å². The number of nitrogens with zero attached hydrogens (tertiary/aromatic N) is 6. The zero-order valence-electron chi connectivity index (χ0n) is 45.9. The van der Waals surface area contributed by atoms with Crippen LogP contribution < -0.4 is 40.8 Å². The Kier molecular flexibility index (Phi) is 21.3. The molecule has 0 spiro atoms. The second-order valence-electron chi connectivity index (χ2n) is 19.0. The molecule has 2 unspecified atom stereocenters. The maximum Gasteiger partial charge on any atom is 0.252 e. The van der Waals surface area contributed by atoms with Gasteiger partial charge >= 0.3 is 0 Å². The number of nitrogens with one attached hydrogen (secondary N) is 3. The molecular formula is C58H82N10O5. The molecule has 1 aliphatic heterocycles. The van der Waals surface area contributed by atoms with E-state index in [0.717, 1.165) is 101 Å². The molecule has 1 saturated heterocycles. The van der Waals surface area contributed by atoms with Gasteiger partial charge in [0.15, 0.2) is 11.5 Å². The predicted octanol–water partition coefficient (Wildman–Crippen LogP) is 9.46. The number of benzene rings is 4. The molecule has 4 aromatic carbocycles. The van der Waals surface area contributed by atoms with Gasteiger partial charge in [-0.15, -0.1) is 0 Å². The summed E-state index contributed by atoms with van der Waals surface area (Å²) in [7, 11) is 11.1. The van der Waals surface area contributed by atoms with Gasteiger partial charge < -0.3 is 50.6 Å². The van der Waals surface area contributed by atoms with Gasteiger partial charge in [0, 0.05) is 123 Å². The molecule has 0 bridgehead atoms. The minimum Gasteiger partial charge on any atom is -0.496 e. The van der Waals surface area contributed by atoms with Crippen LogP contribution in [0.1, 0.15) is 115 Å². The lowest BCUT2D eigenvalue weighted by atomic mass is 9.99. The summed E-state index contributed by atoms with van der Waals surface area (Å²) in [6, 6.07) is 22.2. The minimum atomic E-state index is -0.255. The first kappa shape index (κ1) is 57.1.